The van der Waals surface area contributed by atoms with E-state index in [1.165, 1.54) is 5.69 Å². The second-order valence-corrected chi connectivity index (χ2v) is 4.51. The van der Waals surface area contributed by atoms with Gasteiger partial charge >= 0.3 is 0 Å². The molecule has 0 aliphatic rings. The molecule has 0 aliphatic heterocycles. The third-order valence-corrected chi connectivity index (χ3v) is 2.94. The Bertz CT molecular complexity index is 288. The van der Waals surface area contributed by atoms with Crippen LogP contribution in [0.15, 0.2) is 12.5 Å². The minimum absolute atomic E-state index is 0.0325. The zero-order valence-electron chi connectivity index (χ0n) is 9.62. The van der Waals surface area contributed by atoms with Crippen LogP contribution in [-0.4, -0.2) is 16.1 Å². The smallest absolute Gasteiger partial charge is 0.0953 e. The molecule has 0 aromatic carbocycles. The minimum atomic E-state index is -0.0325. The van der Waals surface area contributed by atoms with Crippen LogP contribution in [0.25, 0.3) is 0 Å². The van der Waals surface area contributed by atoms with Crippen molar-refractivity contribution in [1.29, 1.82) is 0 Å². The second kappa shape index (κ2) is 4.13. The number of hydrogen-bond donors (Lipinski definition) is 1. The van der Waals surface area contributed by atoms with E-state index in [4.69, 9.17) is 5.73 Å². The Morgan fingerprint density at radius 1 is 1.57 bits per heavy atom. The molecule has 1 rings (SSSR count). The van der Waals surface area contributed by atoms with Gasteiger partial charge < -0.3 is 10.3 Å². The van der Waals surface area contributed by atoms with Crippen molar-refractivity contribution in [2.24, 2.45) is 5.73 Å². The maximum absolute atomic E-state index is 5.76. The molecule has 1 heterocycles. The summed E-state index contributed by atoms with van der Waals surface area (Å²) < 4.78 is 2.20. The van der Waals surface area contributed by atoms with Crippen molar-refractivity contribution in [3.63, 3.8) is 0 Å². The van der Waals surface area contributed by atoms with Gasteiger partial charge in [-0.2, -0.15) is 0 Å². The highest BCUT2D eigenvalue weighted by atomic mass is 15.1. The third-order valence-electron chi connectivity index (χ3n) is 2.94. The molecule has 0 bridgehead atoms. The summed E-state index contributed by atoms with van der Waals surface area (Å²) in [6.07, 6.45) is 4.96. The fourth-order valence-electron chi connectivity index (χ4n) is 1.48. The summed E-state index contributed by atoms with van der Waals surface area (Å²) in [4.78, 5) is 4.21. The predicted octanol–water partition coefficient (Wildman–Crippen LogP) is 2.09. The molecule has 0 fully saturated rings. The van der Waals surface area contributed by atoms with Crippen LogP contribution in [-0.2, 0) is 5.54 Å². The molecule has 0 saturated heterocycles. The maximum atomic E-state index is 5.76. The fourth-order valence-corrected chi connectivity index (χ4v) is 1.48. The number of nitrogens with two attached hydrogens (primary N) is 1. The van der Waals surface area contributed by atoms with Gasteiger partial charge in [0.2, 0.25) is 0 Å². The number of imidazole rings is 1. The van der Waals surface area contributed by atoms with E-state index in [0.717, 1.165) is 6.42 Å². The lowest BCUT2D eigenvalue weighted by atomic mass is 10.0. The number of rotatable bonds is 4. The van der Waals surface area contributed by atoms with E-state index in [-0.39, 0.29) is 5.54 Å². The van der Waals surface area contributed by atoms with Crippen molar-refractivity contribution in [2.45, 2.75) is 45.6 Å². The van der Waals surface area contributed by atoms with Gasteiger partial charge in [-0.05, 0) is 26.2 Å². The van der Waals surface area contributed by atoms with E-state index in [9.17, 15) is 0 Å². The topological polar surface area (TPSA) is 43.8 Å². The van der Waals surface area contributed by atoms with E-state index in [1.807, 2.05) is 12.5 Å². The van der Waals surface area contributed by atoms with Crippen LogP contribution in [0.4, 0.5) is 0 Å². The van der Waals surface area contributed by atoms with Gasteiger partial charge in [-0.3, -0.25) is 0 Å². The quantitative estimate of drug-likeness (QED) is 0.799. The molecule has 1 unspecified atom stereocenters. The highest BCUT2D eigenvalue weighted by Crippen LogP contribution is 2.24. The van der Waals surface area contributed by atoms with E-state index in [2.05, 4.69) is 37.2 Å². The Balaban J connectivity index is 3.04. The van der Waals surface area contributed by atoms with Gasteiger partial charge in [-0.1, -0.05) is 13.8 Å². The average Bonchev–Trinajstić information content (AvgIpc) is 2.65. The normalized spacial score (nSPS) is 14.4. The Hall–Kier alpha value is -0.830. The SMILES string of the molecule is CCC(C)c1cncn1C(C)(C)CN. The molecule has 14 heavy (non-hydrogen) atoms. The van der Waals surface area contributed by atoms with E-state index >= 15 is 0 Å². The van der Waals surface area contributed by atoms with E-state index in [0.29, 0.717) is 12.5 Å². The van der Waals surface area contributed by atoms with Crippen molar-refractivity contribution in [2.75, 3.05) is 6.54 Å². The molecule has 1 aromatic rings. The zero-order chi connectivity index (χ0) is 10.8. The van der Waals surface area contributed by atoms with Crippen molar-refractivity contribution >= 4 is 0 Å². The van der Waals surface area contributed by atoms with Gasteiger partial charge in [0.05, 0.1) is 11.9 Å². The number of aromatic nitrogens is 2. The molecule has 80 valence electrons. The van der Waals surface area contributed by atoms with Gasteiger partial charge in [0, 0.05) is 18.4 Å². The van der Waals surface area contributed by atoms with E-state index in [1.54, 1.807) is 0 Å². The summed E-state index contributed by atoms with van der Waals surface area (Å²) in [5.74, 6) is 0.545. The fraction of sp³-hybridized carbons (Fsp3) is 0.727. The molecule has 0 radical (unpaired) electrons. The minimum Gasteiger partial charge on any atom is -0.328 e. The summed E-state index contributed by atoms with van der Waals surface area (Å²) in [6, 6.07) is 0. The van der Waals surface area contributed by atoms with Gasteiger partial charge in [0.1, 0.15) is 0 Å². The molecule has 3 nitrogen and oxygen atoms in total. The molecule has 0 saturated carbocycles. The number of hydrogen-bond acceptors (Lipinski definition) is 2. The Kier molecular flexibility index (Phi) is 3.32. The summed E-state index contributed by atoms with van der Waals surface area (Å²) >= 11 is 0. The first-order valence-corrected chi connectivity index (χ1v) is 5.25. The summed E-state index contributed by atoms with van der Waals surface area (Å²) in [5.41, 5.74) is 7.01. The molecule has 0 amide bonds. The maximum Gasteiger partial charge on any atom is 0.0953 e. The summed E-state index contributed by atoms with van der Waals surface area (Å²) in [6.45, 7) is 9.32. The second-order valence-electron chi connectivity index (χ2n) is 4.51. The van der Waals surface area contributed by atoms with Crippen molar-refractivity contribution in [3.05, 3.63) is 18.2 Å². The molecular formula is C11H21N3. The molecule has 0 spiro atoms. The number of nitrogens with zero attached hydrogens (tertiary/aromatic N) is 2. The van der Waals surface area contributed by atoms with Crippen LogP contribution in [0.3, 0.4) is 0 Å². The van der Waals surface area contributed by atoms with E-state index < -0.39 is 0 Å². The lowest BCUT2D eigenvalue weighted by Crippen LogP contribution is -2.35. The van der Waals surface area contributed by atoms with Gasteiger partial charge in [0.15, 0.2) is 0 Å². The van der Waals surface area contributed by atoms with Crippen LogP contribution in [0.2, 0.25) is 0 Å². The standard InChI is InChI=1S/C11H21N3/c1-5-9(2)10-6-13-8-14(10)11(3,4)7-12/h6,8-9H,5,7,12H2,1-4H3. The van der Waals surface area contributed by atoms with Crippen molar-refractivity contribution in [3.8, 4) is 0 Å². The van der Waals surface area contributed by atoms with Gasteiger partial charge in [-0.25, -0.2) is 4.98 Å². The molecule has 2 N–H and O–H groups in total. The van der Waals surface area contributed by atoms with Crippen molar-refractivity contribution in [1.82, 2.24) is 9.55 Å². The molecule has 0 aliphatic carbocycles. The summed E-state index contributed by atoms with van der Waals surface area (Å²) in [5, 5.41) is 0. The Labute approximate surface area is 86.3 Å². The lowest BCUT2D eigenvalue weighted by molar-refractivity contribution is 0.349. The Morgan fingerprint density at radius 3 is 2.71 bits per heavy atom. The highest BCUT2D eigenvalue weighted by Gasteiger charge is 2.22. The zero-order valence-corrected chi connectivity index (χ0v) is 9.62. The molecule has 1 atom stereocenters. The van der Waals surface area contributed by atoms with Crippen LogP contribution in [0.5, 0.6) is 0 Å². The van der Waals surface area contributed by atoms with Crippen LogP contribution in [0, 0.1) is 0 Å². The first kappa shape index (κ1) is 11.2. The molecular weight excluding hydrogens is 174 g/mol. The van der Waals surface area contributed by atoms with Crippen LogP contribution >= 0.6 is 0 Å². The molecule has 1 aromatic heterocycles. The average molecular weight is 195 g/mol. The van der Waals surface area contributed by atoms with Crippen LogP contribution in [0.1, 0.15) is 45.7 Å². The predicted molar refractivity (Wildman–Crippen MR) is 59.3 cm³/mol. The Morgan fingerprint density at radius 2 is 2.21 bits per heavy atom. The molecule has 3 heteroatoms. The largest absolute Gasteiger partial charge is 0.328 e. The summed E-state index contributed by atoms with van der Waals surface area (Å²) in [7, 11) is 0. The van der Waals surface area contributed by atoms with Gasteiger partial charge in [-0.15, -0.1) is 0 Å². The highest BCUT2D eigenvalue weighted by molar-refractivity contribution is 5.08. The van der Waals surface area contributed by atoms with Crippen LogP contribution < -0.4 is 5.73 Å². The monoisotopic (exact) mass is 195 g/mol. The third kappa shape index (κ3) is 1.98. The lowest BCUT2D eigenvalue weighted by Gasteiger charge is -2.28. The van der Waals surface area contributed by atoms with Crippen molar-refractivity contribution < 1.29 is 0 Å². The first-order valence-electron chi connectivity index (χ1n) is 5.25. The first-order chi connectivity index (χ1) is 6.53. The van der Waals surface area contributed by atoms with Gasteiger partial charge in [0.25, 0.3) is 0 Å².